The number of rotatable bonds is 5. The number of nitrogens with zero attached hydrogens (tertiary/aromatic N) is 1. The summed E-state index contributed by atoms with van der Waals surface area (Å²) in [5.74, 6) is 0. The van der Waals surface area contributed by atoms with Gasteiger partial charge in [0.05, 0.1) is 0 Å². The molecule has 0 aliphatic heterocycles. The van der Waals surface area contributed by atoms with Crippen molar-refractivity contribution < 1.29 is 20.3 Å². The van der Waals surface area contributed by atoms with Gasteiger partial charge in [-0.1, -0.05) is 0 Å². The molecule has 2 aromatic carbocycles. The molecule has 0 spiro atoms. The van der Waals surface area contributed by atoms with Gasteiger partial charge in [-0.15, -0.1) is 0 Å². The van der Waals surface area contributed by atoms with Crippen molar-refractivity contribution in [2.75, 3.05) is 4.90 Å². The average Bonchev–Trinajstić information content (AvgIpc) is 3.29. The quantitative estimate of drug-likeness (QED) is 0.423. The summed E-state index contributed by atoms with van der Waals surface area (Å²) in [5, 5.41) is 0. The monoisotopic (exact) mass is 449 g/mol. The van der Waals surface area contributed by atoms with Crippen LogP contribution in [0.1, 0.15) is 45.2 Å². The number of benzene rings is 2. The first kappa shape index (κ1) is 19.9. The molecule has 2 aliphatic rings. The molecule has 0 aromatic heterocycles. The molecule has 0 unspecified atom stereocenters. The summed E-state index contributed by atoms with van der Waals surface area (Å²) in [4.78, 5) is 2.65. The molecule has 0 heterocycles. The van der Waals surface area contributed by atoms with Gasteiger partial charge >= 0.3 is 176 Å². The van der Waals surface area contributed by atoms with E-state index in [4.69, 9.17) is 0 Å². The molecule has 2 aliphatic carbocycles. The summed E-state index contributed by atoms with van der Waals surface area (Å²) in [7, 11) is 0. The molecule has 1 nitrogen and oxygen atoms in total. The maximum absolute atomic E-state index is 2.70. The Kier molecular flexibility index (Phi) is 5.30. The first-order valence-electron chi connectivity index (χ1n) is 10.7. The molecule has 0 amide bonds. The molecule has 2 aromatic rings. The van der Waals surface area contributed by atoms with Gasteiger partial charge in [-0.3, -0.25) is 0 Å². The number of hydrogen-bond acceptors (Lipinski definition) is 1. The second-order valence-corrected chi connectivity index (χ2v) is 20.2. The third-order valence-electron chi connectivity index (χ3n) is 6.56. The van der Waals surface area contributed by atoms with Gasteiger partial charge in [-0.25, -0.2) is 0 Å². The van der Waals surface area contributed by atoms with Crippen molar-refractivity contribution in [3.8, 4) is 11.1 Å². The summed E-state index contributed by atoms with van der Waals surface area (Å²) in [5.41, 5.74) is 7.56. The summed E-state index contributed by atoms with van der Waals surface area (Å²) in [6.07, 6.45) is 9.29. The molecule has 2 heteroatoms. The van der Waals surface area contributed by atoms with Crippen molar-refractivity contribution >= 4 is 8.96 Å². The van der Waals surface area contributed by atoms with Crippen LogP contribution in [0.2, 0.25) is 9.26 Å². The van der Waals surface area contributed by atoms with E-state index >= 15 is 0 Å². The van der Waals surface area contributed by atoms with Crippen molar-refractivity contribution in [3.05, 3.63) is 69.0 Å². The number of anilines is 1. The summed E-state index contributed by atoms with van der Waals surface area (Å²) in [6, 6.07) is 14.9. The van der Waals surface area contributed by atoms with Gasteiger partial charge in [0.25, 0.3) is 0 Å². The van der Waals surface area contributed by atoms with Gasteiger partial charge in [0, 0.05) is 0 Å². The number of hydrogen-bond donors (Lipinski definition) is 0. The third kappa shape index (κ3) is 3.18. The van der Waals surface area contributed by atoms with E-state index in [0.717, 1.165) is 12.8 Å². The molecule has 0 radical (unpaired) electrons. The molecule has 146 valence electrons. The first-order chi connectivity index (χ1) is 13.3. The second kappa shape index (κ2) is 7.45. The fourth-order valence-corrected chi connectivity index (χ4v) is 13.4. The van der Waals surface area contributed by atoms with E-state index in [-0.39, 0.29) is 0 Å². The Hall–Kier alpha value is -1.40. The fraction of sp³-hybridized carbons (Fsp3) is 0.385. The summed E-state index contributed by atoms with van der Waals surface area (Å²) < 4.78 is 8.73. The third-order valence-corrected chi connectivity index (χ3v) is 15.9. The molecule has 28 heavy (non-hydrogen) atoms. The topological polar surface area (TPSA) is 3.24 Å². The summed E-state index contributed by atoms with van der Waals surface area (Å²) >= 11 is -2.70. The Morgan fingerprint density at radius 1 is 0.893 bits per heavy atom. The van der Waals surface area contributed by atoms with Crippen LogP contribution < -0.4 is 8.17 Å². The van der Waals surface area contributed by atoms with Crippen LogP contribution in [0.4, 0.5) is 5.69 Å². The molecule has 0 bridgehead atoms. The van der Waals surface area contributed by atoms with E-state index in [1.54, 1.807) is 12.1 Å². The predicted octanol–water partition coefficient (Wildman–Crippen LogP) is 6.60. The zero-order chi connectivity index (χ0) is 20.1. The van der Waals surface area contributed by atoms with Crippen LogP contribution in [0.5, 0.6) is 0 Å². The minimum atomic E-state index is -2.70. The van der Waals surface area contributed by atoms with Crippen LogP contribution in [0.25, 0.3) is 11.1 Å². The zero-order valence-corrected chi connectivity index (χ0v) is 20.7. The standard InChI is InChI=1S/C19H22N.C5H5.2CH3.Zr/c1-13(2)20(14(3)4)17-9-10-19-16(12-17)11-15-7-5-6-8-18(15)19;1-2-4-5-3-1;;;/h5-10,13-14H,11H2,1-4H3;1-3H,4H2;2*1H3;. The van der Waals surface area contributed by atoms with Crippen molar-refractivity contribution in [1.29, 1.82) is 0 Å². The van der Waals surface area contributed by atoms with Gasteiger partial charge in [0.2, 0.25) is 0 Å². The molecular formula is C26H33NZr. The average molecular weight is 451 g/mol. The van der Waals surface area contributed by atoms with Crippen molar-refractivity contribution in [3.63, 3.8) is 0 Å². The Morgan fingerprint density at radius 3 is 2.25 bits per heavy atom. The van der Waals surface area contributed by atoms with Crippen LogP contribution in [-0.2, 0) is 26.7 Å². The zero-order valence-electron chi connectivity index (χ0n) is 18.2. The van der Waals surface area contributed by atoms with Crippen LogP contribution in [0.15, 0.2) is 57.9 Å². The summed E-state index contributed by atoms with van der Waals surface area (Å²) in [6.45, 7) is 9.35. The van der Waals surface area contributed by atoms with Crippen LogP contribution in [0.3, 0.4) is 0 Å². The van der Waals surface area contributed by atoms with E-state index < -0.39 is 20.3 Å². The van der Waals surface area contributed by atoms with Crippen molar-refractivity contribution in [2.24, 2.45) is 0 Å². The molecule has 4 rings (SSSR count). The Balaban J connectivity index is 1.97. The molecule has 0 N–H and O–H groups in total. The van der Waals surface area contributed by atoms with Crippen molar-refractivity contribution in [2.45, 2.75) is 61.9 Å². The van der Waals surface area contributed by atoms with E-state index in [0.29, 0.717) is 12.1 Å². The second-order valence-electron chi connectivity index (χ2n) is 9.36. The van der Waals surface area contributed by atoms with Gasteiger partial charge < -0.3 is 0 Å². The molecular weight excluding hydrogens is 418 g/mol. The van der Waals surface area contributed by atoms with Crippen LogP contribution >= 0.6 is 0 Å². The van der Waals surface area contributed by atoms with Gasteiger partial charge in [0.1, 0.15) is 0 Å². The molecule has 0 saturated carbocycles. The first-order valence-corrected chi connectivity index (χ1v) is 18.1. The fourth-order valence-electron chi connectivity index (χ4n) is 5.34. The predicted molar refractivity (Wildman–Crippen MR) is 121 cm³/mol. The molecule has 0 atom stereocenters. The molecule has 0 saturated heterocycles. The van der Waals surface area contributed by atoms with Crippen molar-refractivity contribution in [1.82, 2.24) is 0 Å². The van der Waals surface area contributed by atoms with Gasteiger partial charge in [-0.05, 0) is 0 Å². The SMILES string of the molecule is CC(C)N(c1ccc2c([c]1[Zr]([CH3])([CH3])[C]1=CC=CC1)Cc1ccccc1-2)C(C)C. The Bertz CT molecular complexity index is 954. The van der Waals surface area contributed by atoms with E-state index in [2.05, 4.69) is 96.5 Å². The van der Waals surface area contributed by atoms with Gasteiger partial charge in [-0.2, -0.15) is 0 Å². The minimum absolute atomic E-state index is 0.498. The maximum atomic E-state index is 2.65. The van der Waals surface area contributed by atoms with E-state index in [9.17, 15) is 0 Å². The Morgan fingerprint density at radius 2 is 1.61 bits per heavy atom. The number of fused-ring (bicyclic) bond motifs is 3. The molecule has 0 fully saturated rings. The number of allylic oxidation sites excluding steroid dienone is 4. The normalized spacial score (nSPS) is 15.2. The Labute approximate surface area is 175 Å². The van der Waals surface area contributed by atoms with E-state index in [1.165, 1.54) is 22.4 Å². The van der Waals surface area contributed by atoms with Crippen LogP contribution in [-0.4, -0.2) is 12.1 Å². The van der Waals surface area contributed by atoms with Gasteiger partial charge in [0.15, 0.2) is 0 Å². The van der Waals surface area contributed by atoms with E-state index in [1.807, 2.05) is 0 Å². The van der Waals surface area contributed by atoms with Crippen LogP contribution in [0, 0.1) is 0 Å².